The average Bonchev–Trinajstić information content (AvgIpc) is 2.87. The maximum atomic E-state index is 12.6. The second-order valence-corrected chi connectivity index (χ2v) is 10.6. The minimum Gasteiger partial charge on any atom is -0.458 e. The lowest BCUT2D eigenvalue weighted by Crippen LogP contribution is -2.32. The van der Waals surface area contributed by atoms with E-state index in [2.05, 4.69) is 5.32 Å². The maximum Gasteiger partial charge on any atom is 0.404 e. The molecule has 0 aromatic heterocycles. The molecule has 1 heterocycles. The van der Waals surface area contributed by atoms with Gasteiger partial charge in [0.2, 0.25) is 5.91 Å². The predicted molar refractivity (Wildman–Crippen MR) is 163 cm³/mol. The lowest BCUT2D eigenvalue weighted by molar-refractivity contribution is -0.144. The third-order valence-corrected chi connectivity index (χ3v) is 6.26. The molecular formula is C33H48N2O6. The summed E-state index contributed by atoms with van der Waals surface area (Å²) in [5.74, 6) is -0.649. The van der Waals surface area contributed by atoms with E-state index in [9.17, 15) is 19.5 Å². The van der Waals surface area contributed by atoms with Gasteiger partial charge in [-0.25, -0.2) is 9.59 Å². The molecule has 2 amide bonds. The van der Waals surface area contributed by atoms with Crippen LogP contribution < -0.4 is 11.1 Å². The van der Waals surface area contributed by atoms with Gasteiger partial charge in [0.15, 0.2) is 0 Å². The van der Waals surface area contributed by atoms with Gasteiger partial charge >= 0.3 is 12.1 Å². The van der Waals surface area contributed by atoms with E-state index in [4.69, 9.17) is 15.2 Å². The van der Waals surface area contributed by atoms with Gasteiger partial charge in [0.25, 0.3) is 0 Å². The van der Waals surface area contributed by atoms with Crippen LogP contribution in [-0.2, 0) is 19.1 Å². The molecule has 0 bridgehead atoms. The standard InChI is InChI=1S/C33H48N2O6/c1-24(2)21-31(37)35-20-19-26(4)22-27(5)30-23-25(3)15-11-10-13-17-29(41-33(34)39)28(36)16-12-8-6-7-9-14-18-32(38)40-30/h10-12,14-16,18-22,27-30,36H,6-9,13,17,23H2,1-5H3,(H2,34,39)(H,35,37)/b11-10+,16-12+,18-14+,20-19+,25-15+,26-22+/t27-,28+,29+,30-/m1/s1. The number of allylic oxidation sites excluding steroid dienone is 8. The molecule has 1 aliphatic rings. The van der Waals surface area contributed by atoms with Gasteiger partial charge in [0.05, 0.1) is 0 Å². The fourth-order valence-electron chi connectivity index (χ4n) is 4.15. The molecule has 41 heavy (non-hydrogen) atoms. The fraction of sp³-hybridized carbons (Fsp3) is 0.485. The Labute approximate surface area is 245 Å². The highest BCUT2D eigenvalue weighted by molar-refractivity contribution is 5.88. The van der Waals surface area contributed by atoms with Crippen LogP contribution in [0.2, 0.25) is 0 Å². The number of carbonyl (C=O) groups excluding carboxylic acids is 3. The first kappa shape index (κ1) is 35.4. The highest BCUT2D eigenvalue weighted by Crippen LogP contribution is 2.21. The minimum atomic E-state index is -0.935. The van der Waals surface area contributed by atoms with Crippen LogP contribution in [0.1, 0.15) is 79.6 Å². The Morgan fingerprint density at radius 1 is 1.15 bits per heavy atom. The summed E-state index contributed by atoms with van der Waals surface area (Å²) < 4.78 is 11.0. The number of cyclic esters (lactones) is 1. The van der Waals surface area contributed by atoms with Crippen LogP contribution in [0.25, 0.3) is 0 Å². The lowest BCUT2D eigenvalue weighted by atomic mass is 9.95. The van der Waals surface area contributed by atoms with Gasteiger partial charge in [-0.2, -0.15) is 0 Å². The largest absolute Gasteiger partial charge is 0.458 e. The van der Waals surface area contributed by atoms with Crippen molar-refractivity contribution in [1.82, 2.24) is 5.32 Å². The van der Waals surface area contributed by atoms with E-state index in [-0.39, 0.29) is 23.9 Å². The molecular weight excluding hydrogens is 520 g/mol. The summed E-state index contributed by atoms with van der Waals surface area (Å²) in [5, 5.41) is 13.2. The molecule has 0 fully saturated rings. The lowest BCUT2D eigenvalue weighted by Gasteiger charge is -2.22. The molecule has 1 aliphatic heterocycles. The number of hydrogen-bond donors (Lipinski definition) is 3. The van der Waals surface area contributed by atoms with Crippen LogP contribution in [0, 0.1) is 5.92 Å². The van der Waals surface area contributed by atoms with E-state index in [1.54, 1.807) is 12.3 Å². The zero-order valence-corrected chi connectivity index (χ0v) is 25.2. The summed E-state index contributed by atoms with van der Waals surface area (Å²) in [6.07, 6.45) is 21.4. The zero-order chi connectivity index (χ0) is 30.6. The van der Waals surface area contributed by atoms with E-state index in [1.807, 2.05) is 77.2 Å². The molecule has 0 saturated carbocycles. The van der Waals surface area contributed by atoms with Crippen molar-refractivity contribution in [3.8, 4) is 0 Å². The molecule has 0 aromatic carbocycles. The first-order valence-corrected chi connectivity index (χ1v) is 14.3. The predicted octanol–water partition coefficient (Wildman–Crippen LogP) is 6.26. The third-order valence-electron chi connectivity index (χ3n) is 6.26. The Kier molecular flexibility index (Phi) is 17.5. The first-order chi connectivity index (χ1) is 19.5. The molecule has 0 saturated heterocycles. The summed E-state index contributed by atoms with van der Waals surface area (Å²) in [6, 6.07) is 0. The van der Waals surface area contributed by atoms with E-state index >= 15 is 0 Å². The molecule has 0 unspecified atom stereocenters. The molecule has 0 radical (unpaired) electrons. The van der Waals surface area contributed by atoms with Crippen LogP contribution in [0.15, 0.2) is 83.7 Å². The molecule has 0 aliphatic carbocycles. The highest BCUT2D eigenvalue weighted by atomic mass is 16.6. The molecule has 226 valence electrons. The Balaban J connectivity index is 3.04. The van der Waals surface area contributed by atoms with Crippen LogP contribution in [-0.4, -0.2) is 41.4 Å². The van der Waals surface area contributed by atoms with Crippen molar-refractivity contribution in [3.05, 3.63) is 83.7 Å². The van der Waals surface area contributed by atoms with Crippen molar-refractivity contribution in [2.75, 3.05) is 0 Å². The van der Waals surface area contributed by atoms with Crippen LogP contribution in [0.4, 0.5) is 4.79 Å². The number of nitrogens with one attached hydrogen (secondary N) is 1. The van der Waals surface area contributed by atoms with Gasteiger partial charge in [-0.05, 0) is 72.3 Å². The Hall–Kier alpha value is -3.65. The molecule has 0 spiro atoms. The third kappa shape index (κ3) is 17.6. The second-order valence-electron chi connectivity index (χ2n) is 10.6. The van der Waals surface area contributed by atoms with Crippen molar-refractivity contribution >= 4 is 18.0 Å². The SMILES string of the molecule is CC(C)=CC(=O)N/C=C/C(C)=C/[C@@H](C)[C@H]1C/C(C)=C/C=C/CC[C@H](OC(N)=O)[C@@H](O)/C=C/CCCC/C=C/C(=O)O1. The number of ether oxygens (including phenoxy) is 2. The molecule has 8 heteroatoms. The number of esters is 1. The fourth-order valence-corrected chi connectivity index (χ4v) is 4.15. The van der Waals surface area contributed by atoms with Gasteiger partial charge in [-0.3, -0.25) is 4.79 Å². The molecule has 1 rings (SSSR count). The van der Waals surface area contributed by atoms with Crippen molar-refractivity contribution < 1.29 is 29.0 Å². The Morgan fingerprint density at radius 2 is 1.85 bits per heavy atom. The van der Waals surface area contributed by atoms with Gasteiger partial charge in [0.1, 0.15) is 18.3 Å². The highest BCUT2D eigenvalue weighted by Gasteiger charge is 2.21. The minimum absolute atomic E-state index is 0.0874. The Morgan fingerprint density at radius 3 is 2.54 bits per heavy atom. The number of primary amides is 1. The second kappa shape index (κ2) is 20.3. The van der Waals surface area contributed by atoms with Gasteiger partial charge < -0.3 is 25.6 Å². The quantitative estimate of drug-likeness (QED) is 0.150. The summed E-state index contributed by atoms with van der Waals surface area (Å²) in [5.41, 5.74) is 8.07. The van der Waals surface area contributed by atoms with Crippen molar-refractivity contribution in [3.63, 3.8) is 0 Å². The average molecular weight is 569 g/mol. The monoisotopic (exact) mass is 568 g/mol. The number of aliphatic hydroxyl groups excluding tert-OH is 1. The van der Waals surface area contributed by atoms with E-state index in [1.165, 1.54) is 12.2 Å². The smallest absolute Gasteiger partial charge is 0.404 e. The Bertz CT molecular complexity index is 1060. The van der Waals surface area contributed by atoms with Crippen molar-refractivity contribution in [1.29, 1.82) is 0 Å². The van der Waals surface area contributed by atoms with Crippen molar-refractivity contribution in [2.24, 2.45) is 11.7 Å². The molecule has 8 nitrogen and oxygen atoms in total. The van der Waals surface area contributed by atoms with Gasteiger partial charge in [-0.15, -0.1) is 0 Å². The molecule has 0 aromatic rings. The van der Waals surface area contributed by atoms with E-state index < -0.39 is 18.3 Å². The summed E-state index contributed by atoms with van der Waals surface area (Å²) in [4.78, 5) is 35.8. The summed E-state index contributed by atoms with van der Waals surface area (Å²) in [7, 11) is 0. The van der Waals surface area contributed by atoms with E-state index in [0.29, 0.717) is 19.3 Å². The zero-order valence-electron chi connectivity index (χ0n) is 25.2. The summed E-state index contributed by atoms with van der Waals surface area (Å²) in [6.45, 7) is 9.63. The van der Waals surface area contributed by atoms with Crippen LogP contribution in [0.5, 0.6) is 0 Å². The number of aliphatic hydroxyl groups is 1. The van der Waals surface area contributed by atoms with Crippen LogP contribution >= 0.6 is 0 Å². The number of hydrogen-bond acceptors (Lipinski definition) is 6. The van der Waals surface area contributed by atoms with Gasteiger partial charge in [-0.1, -0.05) is 66.2 Å². The summed E-state index contributed by atoms with van der Waals surface area (Å²) >= 11 is 0. The maximum absolute atomic E-state index is 12.6. The topological polar surface area (TPSA) is 128 Å². The molecule has 4 N–H and O–H groups in total. The number of amides is 2. The van der Waals surface area contributed by atoms with E-state index in [0.717, 1.165) is 42.4 Å². The number of rotatable bonds is 6. The van der Waals surface area contributed by atoms with Crippen molar-refractivity contribution in [2.45, 2.75) is 97.9 Å². The number of carbonyl (C=O) groups is 3. The normalized spacial score (nSPS) is 26.4. The first-order valence-electron chi connectivity index (χ1n) is 14.3. The van der Waals surface area contributed by atoms with Gasteiger partial charge in [0, 0.05) is 30.7 Å². The molecule has 4 atom stereocenters. The number of nitrogens with two attached hydrogens (primary N) is 1. The van der Waals surface area contributed by atoms with Crippen LogP contribution in [0.3, 0.4) is 0 Å².